The van der Waals surface area contributed by atoms with Gasteiger partial charge in [-0.25, -0.2) is 9.97 Å². The van der Waals surface area contributed by atoms with Crippen molar-refractivity contribution in [3.8, 4) is 17.2 Å². The molecule has 0 radical (unpaired) electrons. The van der Waals surface area contributed by atoms with Gasteiger partial charge in [0.15, 0.2) is 5.16 Å². The van der Waals surface area contributed by atoms with Crippen molar-refractivity contribution in [2.24, 2.45) is 0 Å². The Balaban J connectivity index is 1.61. The molecule has 0 N–H and O–H groups in total. The van der Waals surface area contributed by atoms with Gasteiger partial charge < -0.3 is 0 Å². The highest BCUT2D eigenvalue weighted by Crippen LogP contribution is 2.26. The summed E-state index contributed by atoms with van der Waals surface area (Å²) in [6.07, 6.45) is 17.5. The molecular formula is C25H35N3S2. The Labute approximate surface area is 191 Å². The highest BCUT2D eigenvalue weighted by molar-refractivity contribution is 8.00. The molecule has 2 aromatic rings. The molecule has 0 aliphatic carbocycles. The van der Waals surface area contributed by atoms with Crippen molar-refractivity contribution in [1.29, 1.82) is 5.26 Å². The Morgan fingerprint density at radius 2 is 1.40 bits per heavy atom. The summed E-state index contributed by atoms with van der Waals surface area (Å²) in [5.74, 6) is 1.10. The van der Waals surface area contributed by atoms with Crippen LogP contribution in [0.5, 0.6) is 0 Å². The second-order valence-electron chi connectivity index (χ2n) is 7.70. The molecule has 0 fully saturated rings. The maximum absolute atomic E-state index is 8.92. The van der Waals surface area contributed by atoms with Crippen LogP contribution in [-0.2, 0) is 0 Å². The van der Waals surface area contributed by atoms with E-state index in [0.29, 0.717) is 0 Å². The van der Waals surface area contributed by atoms with E-state index < -0.39 is 0 Å². The summed E-state index contributed by atoms with van der Waals surface area (Å²) in [6.45, 7) is 4.19. The Kier molecular flexibility index (Phi) is 12.6. The van der Waals surface area contributed by atoms with E-state index >= 15 is 0 Å². The molecule has 0 saturated carbocycles. The lowest BCUT2D eigenvalue weighted by molar-refractivity contribution is 0.563. The topological polar surface area (TPSA) is 49.6 Å². The largest absolute Gasteiger partial charge is 0.230 e. The predicted octanol–water partition coefficient (Wildman–Crippen LogP) is 8.16. The van der Waals surface area contributed by atoms with Crippen molar-refractivity contribution in [1.82, 2.24) is 9.97 Å². The summed E-state index contributed by atoms with van der Waals surface area (Å²) in [6, 6.07) is 10.5. The summed E-state index contributed by atoms with van der Waals surface area (Å²) >= 11 is 3.33. The fourth-order valence-electron chi connectivity index (χ4n) is 3.25. The van der Waals surface area contributed by atoms with Gasteiger partial charge in [-0.05, 0) is 31.0 Å². The number of nitrogens with zero attached hydrogens (tertiary/aromatic N) is 3. The highest BCUT2D eigenvalue weighted by Gasteiger charge is 2.05. The molecule has 3 nitrogen and oxygen atoms in total. The highest BCUT2D eigenvalue weighted by atomic mass is 32.2. The molecule has 0 spiro atoms. The zero-order valence-electron chi connectivity index (χ0n) is 18.5. The monoisotopic (exact) mass is 441 g/mol. The van der Waals surface area contributed by atoms with Gasteiger partial charge in [0.25, 0.3) is 0 Å². The normalized spacial score (nSPS) is 11.9. The van der Waals surface area contributed by atoms with Crippen LogP contribution in [0.1, 0.15) is 78.1 Å². The third-order valence-corrected chi connectivity index (χ3v) is 7.00. The van der Waals surface area contributed by atoms with E-state index in [0.717, 1.165) is 26.9 Å². The molecule has 0 bridgehead atoms. The third kappa shape index (κ3) is 10.00. The number of aromatic nitrogens is 2. The summed E-state index contributed by atoms with van der Waals surface area (Å²) in [4.78, 5) is 10.2. The lowest BCUT2D eigenvalue weighted by Crippen LogP contribution is -1.91. The number of benzene rings is 1. The quantitative estimate of drug-likeness (QED) is 0.158. The standard InChI is InChI=1S/C25H35N3S2/c1-3-4-5-6-7-8-9-10-11-12-17-29-25-27-19-23(20-28-25)22-13-15-24(16-14-22)30-21(2)18-26/h13-16,19-21H,3-12,17H2,1-2H3/t21-/m1/s1. The first-order chi connectivity index (χ1) is 14.7. The second-order valence-corrected chi connectivity index (χ2v) is 10.2. The van der Waals surface area contributed by atoms with Crippen LogP contribution in [0, 0.1) is 11.3 Å². The van der Waals surface area contributed by atoms with Crippen LogP contribution in [-0.4, -0.2) is 21.0 Å². The molecule has 0 aliphatic rings. The first-order valence-corrected chi connectivity index (χ1v) is 13.2. The van der Waals surface area contributed by atoms with Gasteiger partial charge in [0.2, 0.25) is 0 Å². The molecule has 2 rings (SSSR count). The van der Waals surface area contributed by atoms with Crippen LogP contribution in [0.4, 0.5) is 0 Å². The molecule has 5 heteroatoms. The van der Waals surface area contributed by atoms with Gasteiger partial charge in [0.05, 0.1) is 11.3 Å². The van der Waals surface area contributed by atoms with Gasteiger partial charge in [-0.1, -0.05) is 88.6 Å². The van der Waals surface area contributed by atoms with Gasteiger partial charge >= 0.3 is 0 Å². The molecule has 0 saturated heterocycles. The predicted molar refractivity (Wildman–Crippen MR) is 131 cm³/mol. The van der Waals surface area contributed by atoms with Gasteiger partial charge in [-0.3, -0.25) is 0 Å². The summed E-state index contributed by atoms with van der Waals surface area (Å²) < 4.78 is 0. The SMILES string of the molecule is CCCCCCCCCCCCSc1ncc(-c2ccc(S[C@H](C)C#N)cc2)cn1. The Hall–Kier alpha value is -1.51. The van der Waals surface area contributed by atoms with Gasteiger partial charge in [0.1, 0.15) is 0 Å². The van der Waals surface area contributed by atoms with E-state index in [-0.39, 0.29) is 5.25 Å². The van der Waals surface area contributed by atoms with Crippen LogP contribution in [0.25, 0.3) is 11.1 Å². The smallest absolute Gasteiger partial charge is 0.187 e. The molecule has 1 heterocycles. The van der Waals surface area contributed by atoms with Crippen LogP contribution in [0.2, 0.25) is 0 Å². The molecule has 0 amide bonds. The maximum Gasteiger partial charge on any atom is 0.187 e. The van der Waals surface area contributed by atoms with E-state index in [4.69, 9.17) is 5.26 Å². The lowest BCUT2D eigenvalue weighted by Gasteiger charge is -2.06. The molecule has 30 heavy (non-hydrogen) atoms. The van der Waals surface area contributed by atoms with Crippen molar-refractivity contribution in [2.75, 3.05) is 5.75 Å². The maximum atomic E-state index is 8.92. The zero-order valence-corrected chi connectivity index (χ0v) is 20.1. The summed E-state index contributed by atoms with van der Waals surface area (Å²) in [5, 5.41) is 9.75. The number of hydrogen-bond acceptors (Lipinski definition) is 5. The van der Waals surface area contributed by atoms with Gasteiger partial charge in [-0.15, -0.1) is 11.8 Å². The van der Waals surface area contributed by atoms with E-state index in [1.54, 1.807) is 23.5 Å². The molecule has 1 aromatic carbocycles. The number of thioether (sulfide) groups is 2. The number of hydrogen-bond donors (Lipinski definition) is 0. The first-order valence-electron chi connectivity index (χ1n) is 11.3. The van der Waals surface area contributed by atoms with E-state index in [9.17, 15) is 0 Å². The van der Waals surface area contributed by atoms with Gasteiger partial charge in [-0.2, -0.15) is 5.26 Å². The minimum absolute atomic E-state index is 0.0361. The average Bonchev–Trinajstić information content (AvgIpc) is 2.78. The molecule has 0 aliphatic heterocycles. The third-order valence-electron chi connectivity index (χ3n) is 5.04. The minimum Gasteiger partial charge on any atom is -0.230 e. The number of nitriles is 1. The average molecular weight is 442 g/mol. The Morgan fingerprint density at radius 1 is 0.833 bits per heavy atom. The summed E-state index contributed by atoms with van der Waals surface area (Å²) in [7, 11) is 0. The van der Waals surface area contributed by atoms with Crippen molar-refractivity contribution in [3.05, 3.63) is 36.7 Å². The Bertz CT molecular complexity index is 738. The zero-order chi connectivity index (χ0) is 21.4. The van der Waals surface area contributed by atoms with Crippen molar-refractivity contribution in [2.45, 2.75) is 93.4 Å². The Morgan fingerprint density at radius 3 is 1.97 bits per heavy atom. The van der Waals surface area contributed by atoms with Crippen LogP contribution in [0.15, 0.2) is 46.7 Å². The van der Waals surface area contributed by atoms with E-state index in [2.05, 4.69) is 47.2 Å². The number of unbranched alkanes of at least 4 members (excludes halogenated alkanes) is 9. The number of rotatable bonds is 15. The van der Waals surface area contributed by atoms with Crippen molar-refractivity contribution in [3.63, 3.8) is 0 Å². The minimum atomic E-state index is -0.0361. The van der Waals surface area contributed by atoms with Crippen LogP contribution < -0.4 is 0 Å². The molecule has 0 unspecified atom stereocenters. The van der Waals surface area contributed by atoms with Crippen molar-refractivity contribution < 1.29 is 0 Å². The molecular weight excluding hydrogens is 406 g/mol. The summed E-state index contributed by atoms with van der Waals surface area (Å²) in [5.41, 5.74) is 2.14. The fraction of sp³-hybridized carbons (Fsp3) is 0.560. The van der Waals surface area contributed by atoms with Gasteiger partial charge in [0, 0.05) is 28.6 Å². The molecule has 1 aromatic heterocycles. The first kappa shape index (κ1) is 24.8. The van der Waals surface area contributed by atoms with E-state index in [1.807, 2.05) is 19.3 Å². The molecule has 162 valence electrons. The lowest BCUT2D eigenvalue weighted by atomic mass is 10.1. The second kappa shape index (κ2) is 15.3. The van der Waals surface area contributed by atoms with Crippen molar-refractivity contribution >= 4 is 23.5 Å². The fourth-order valence-corrected chi connectivity index (χ4v) is 4.79. The van der Waals surface area contributed by atoms with Crippen LogP contribution in [0.3, 0.4) is 0 Å². The molecule has 1 atom stereocenters. The van der Waals surface area contributed by atoms with Crippen LogP contribution >= 0.6 is 23.5 Å². The van der Waals surface area contributed by atoms with E-state index in [1.165, 1.54) is 64.2 Å².